The zero-order valence-electron chi connectivity index (χ0n) is 19.0. The molecule has 3 fully saturated rings. The Balaban J connectivity index is 1.51. The first kappa shape index (κ1) is 24.4. The van der Waals surface area contributed by atoms with Crippen LogP contribution in [-0.4, -0.2) is 37.5 Å². The number of imide groups is 1. The summed E-state index contributed by atoms with van der Waals surface area (Å²) in [5.41, 5.74) is -4.83. The van der Waals surface area contributed by atoms with Gasteiger partial charge < -0.3 is 4.74 Å². The van der Waals surface area contributed by atoms with Gasteiger partial charge in [0.2, 0.25) is 21.8 Å². The Kier molecular flexibility index (Phi) is 5.17. The third-order valence-corrected chi connectivity index (χ3v) is 8.86. The van der Waals surface area contributed by atoms with Gasteiger partial charge in [0.05, 0.1) is 56.9 Å². The fourth-order valence-electron chi connectivity index (χ4n) is 5.83. The van der Waals surface area contributed by atoms with Crippen LogP contribution in [0.5, 0.6) is 0 Å². The van der Waals surface area contributed by atoms with E-state index in [-0.39, 0.29) is 17.0 Å². The van der Waals surface area contributed by atoms with Crippen molar-refractivity contribution in [2.45, 2.75) is 48.6 Å². The largest absolute Gasteiger partial charge is 0.417 e. The van der Waals surface area contributed by atoms with Gasteiger partial charge in [-0.25, -0.2) is 18.0 Å². The molecule has 5 unspecified atom stereocenters. The summed E-state index contributed by atoms with van der Waals surface area (Å²) in [5.74, 6) is -3.62. The van der Waals surface area contributed by atoms with Crippen LogP contribution in [0.3, 0.4) is 0 Å². The number of alkyl halides is 3. The molecule has 0 spiro atoms. The molecule has 0 aliphatic carbocycles. The zero-order chi connectivity index (χ0) is 26.3. The number of hydrogen-bond donors (Lipinski definition) is 1. The summed E-state index contributed by atoms with van der Waals surface area (Å²) in [6.45, 7) is 3.14. The topological polar surface area (TPSA) is 117 Å². The molecule has 12 heteroatoms. The van der Waals surface area contributed by atoms with Gasteiger partial charge in [0.15, 0.2) is 0 Å². The number of nitrogens with one attached hydrogen (secondary N) is 1. The molecule has 2 bridgehead atoms. The summed E-state index contributed by atoms with van der Waals surface area (Å²) < 4.78 is 75.2. The van der Waals surface area contributed by atoms with Crippen LogP contribution in [0.15, 0.2) is 53.4 Å². The van der Waals surface area contributed by atoms with E-state index in [0.29, 0.717) is 11.0 Å². The van der Waals surface area contributed by atoms with Crippen molar-refractivity contribution in [2.75, 3.05) is 4.90 Å². The minimum absolute atomic E-state index is 0.0193. The Morgan fingerprint density at radius 1 is 1.08 bits per heavy atom. The summed E-state index contributed by atoms with van der Waals surface area (Å²) in [6.07, 6.45) is -4.78. The highest BCUT2D eigenvalue weighted by molar-refractivity contribution is 7.89. The van der Waals surface area contributed by atoms with Gasteiger partial charge >= 0.3 is 6.18 Å². The number of benzene rings is 2. The highest BCUT2D eigenvalue weighted by Crippen LogP contribution is 2.61. The first-order valence-corrected chi connectivity index (χ1v) is 12.5. The maximum Gasteiger partial charge on any atom is 0.417 e. The van der Waals surface area contributed by atoms with Gasteiger partial charge in [0, 0.05) is 0 Å². The number of ether oxygens (including phenoxy) is 1. The fourth-order valence-corrected chi connectivity index (χ4v) is 7.17. The number of hydrogen-bond acceptors (Lipinski definition) is 6. The average Bonchev–Trinajstić information content (AvgIpc) is 3.33. The Hall–Kier alpha value is -3.27. The number of nitriles is 1. The molecule has 188 valence electrons. The molecule has 36 heavy (non-hydrogen) atoms. The van der Waals surface area contributed by atoms with Crippen LogP contribution < -0.4 is 9.62 Å². The minimum Gasteiger partial charge on any atom is -0.366 e. The molecule has 8 nitrogen and oxygen atoms in total. The maximum atomic E-state index is 13.5. The van der Waals surface area contributed by atoms with Crippen molar-refractivity contribution in [2.24, 2.45) is 11.8 Å². The van der Waals surface area contributed by atoms with Gasteiger partial charge in [-0.2, -0.15) is 18.4 Å². The molecule has 0 aromatic heterocycles. The molecule has 1 N–H and O–H groups in total. The normalized spacial score (nSPS) is 31.6. The first-order valence-electron chi connectivity index (χ1n) is 11.0. The predicted octanol–water partition coefficient (Wildman–Crippen LogP) is 2.98. The van der Waals surface area contributed by atoms with Crippen molar-refractivity contribution in [3.63, 3.8) is 0 Å². The third kappa shape index (κ3) is 3.37. The summed E-state index contributed by atoms with van der Waals surface area (Å²) in [6, 6.07) is 10.9. The highest BCUT2D eigenvalue weighted by atomic mass is 32.2. The molecule has 3 heterocycles. The van der Waals surface area contributed by atoms with E-state index in [4.69, 9.17) is 10.00 Å². The number of carbonyl (C=O) groups excluding carboxylic acids is 2. The van der Waals surface area contributed by atoms with Crippen molar-refractivity contribution in [3.8, 4) is 6.07 Å². The SMILES string of the molecule is CC12CC(NS(=O)(=O)c3ccccc3)C(C)(O1)C1C(=O)N(c3ccc(C#N)c(C(F)(F)F)c3)C(=O)C12. The van der Waals surface area contributed by atoms with Crippen LogP contribution in [0.2, 0.25) is 0 Å². The van der Waals surface area contributed by atoms with Crippen LogP contribution in [0.25, 0.3) is 0 Å². The van der Waals surface area contributed by atoms with E-state index in [1.54, 1.807) is 25.1 Å². The van der Waals surface area contributed by atoms with Gasteiger partial charge in [0.25, 0.3) is 0 Å². The molecule has 3 aliphatic rings. The van der Waals surface area contributed by atoms with Crippen molar-refractivity contribution in [1.82, 2.24) is 4.72 Å². The van der Waals surface area contributed by atoms with Crippen LogP contribution in [-0.2, 0) is 30.5 Å². The number of fused-ring (bicyclic) bond motifs is 5. The Labute approximate surface area is 204 Å². The fraction of sp³-hybridized carbons (Fsp3) is 0.375. The van der Waals surface area contributed by atoms with Crippen LogP contribution in [0, 0.1) is 23.2 Å². The van der Waals surface area contributed by atoms with E-state index in [2.05, 4.69) is 4.72 Å². The highest BCUT2D eigenvalue weighted by Gasteiger charge is 2.76. The summed E-state index contributed by atoms with van der Waals surface area (Å²) in [7, 11) is -3.98. The van der Waals surface area contributed by atoms with Crippen molar-refractivity contribution < 1.29 is 35.9 Å². The summed E-state index contributed by atoms with van der Waals surface area (Å²) in [5, 5.41) is 9.05. The Morgan fingerprint density at radius 2 is 1.72 bits per heavy atom. The molecule has 3 saturated heterocycles. The van der Waals surface area contributed by atoms with Crippen molar-refractivity contribution in [1.29, 1.82) is 5.26 Å². The number of carbonyl (C=O) groups is 2. The zero-order valence-corrected chi connectivity index (χ0v) is 19.9. The lowest BCUT2D eigenvalue weighted by atomic mass is 9.67. The lowest BCUT2D eigenvalue weighted by Gasteiger charge is -2.35. The molecule has 2 aromatic rings. The second-order valence-corrected chi connectivity index (χ2v) is 11.3. The lowest BCUT2D eigenvalue weighted by molar-refractivity contribution is -0.138. The van der Waals surface area contributed by atoms with E-state index in [9.17, 15) is 31.2 Å². The number of halogens is 3. The molecule has 5 rings (SSSR count). The van der Waals surface area contributed by atoms with Gasteiger partial charge in [-0.15, -0.1) is 0 Å². The maximum absolute atomic E-state index is 13.5. The van der Waals surface area contributed by atoms with Gasteiger partial charge in [0.1, 0.15) is 0 Å². The van der Waals surface area contributed by atoms with Gasteiger partial charge in [-0.3, -0.25) is 9.59 Å². The number of rotatable bonds is 4. The standard InChI is InChI=1S/C24H20F3N3O5S/c1-22-11-17(29-36(33,34)15-6-4-3-5-7-15)23(2,35-22)19-18(22)20(31)30(21(19)32)14-9-8-13(12-28)16(10-14)24(25,26)27/h3-10,17-19,29H,11H2,1-2H3. The smallest absolute Gasteiger partial charge is 0.366 e. The van der Waals surface area contributed by atoms with Crippen molar-refractivity contribution >= 4 is 27.5 Å². The van der Waals surface area contributed by atoms with Crippen LogP contribution >= 0.6 is 0 Å². The van der Waals surface area contributed by atoms with Gasteiger partial charge in [-0.1, -0.05) is 18.2 Å². The summed E-state index contributed by atoms with van der Waals surface area (Å²) >= 11 is 0. The molecular weight excluding hydrogens is 499 g/mol. The van der Waals surface area contributed by atoms with E-state index in [0.717, 1.165) is 12.1 Å². The number of amides is 2. The van der Waals surface area contributed by atoms with E-state index in [1.165, 1.54) is 25.1 Å². The number of sulfonamides is 1. The van der Waals surface area contributed by atoms with E-state index in [1.807, 2.05) is 0 Å². The monoisotopic (exact) mass is 519 g/mol. The molecule has 0 radical (unpaired) electrons. The van der Waals surface area contributed by atoms with E-state index < -0.39 is 68.2 Å². The van der Waals surface area contributed by atoms with Crippen LogP contribution in [0.1, 0.15) is 31.4 Å². The molecular formula is C24H20F3N3O5S. The molecule has 2 amide bonds. The minimum atomic E-state index is -4.87. The summed E-state index contributed by atoms with van der Waals surface area (Å²) in [4.78, 5) is 27.6. The molecule has 0 saturated carbocycles. The third-order valence-electron chi connectivity index (χ3n) is 7.37. The number of nitrogens with zero attached hydrogens (tertiary/aromatic N) is 2. The Morgan fingerprint density at radius 3 is 2.33 bits per heavy atom. The van der Waals surface area contributed by atoms with Gasteiger partial charge in [-0.05, 0) is 50.6 Å². The molecule has 3 aliphatic heterocycles. The Bertz CT molecular complexity index is 1440. The predicted molar refractivity (Wildman–Crippen MR) is 119 cm³/mol. The lowest BCUT2D eigenvalue weighted by Crippen LogP contribution is -2.56. The van der Waals surface area contributed by atoms with Crippen molar-refractivity contribution in [3.05, 3.63) is 59.7 Å². The van der Waals surface area contributed by atoms with Crippen LogP contribution in [0.4, 0.5) is 18.9 Å². The molecule has 5 atom stereocenters. The quantitative estimate of drug-likeness (QED) is 0.621. The molecule has 2 aromatic carbocycles. The van der Waals surface area contributed by atoms with E-state index >= 15 is 0 Å². The first-order chi connectivity index (χ1) is 16.7. The second-order valence-electron chi connectivity index (χ2n) is 9.60. The number of anilines is 1. The second kappa shape index (κ2) is 7.61. The average molecular weight is 520 g/mol.